The Labute approximate surface area is 73.2 Å². The molecular formula is C10H14O2. The highest BCUT2D eigenvalue weighted by Gasteiger charge is 1.96. The van der Waals surface area contributed by atoms with Crippen molar-refractivity contribution in [2.75, 3.05) is 13.9 Å². The van der Waals surface area contributed by atoms with Crippen molar-refractivity contribution in [1.29, 1.82) is 0 Å². The van der Waals surface area contributed by atoms with Gasteiger partial charge in [-0.2, -0.15) is 0 Å². The first-order chi connectivity index (χ1) is 5.83. The fraction of sp³-hybridized carbons (Fsp3) is 0.400. The summed E-state index contributed by atoms with van der Waals surface area (Å²) in [6.07, 6.45) is 9.16. The van der Waals surface area contributed by atoms with Crippen LogP contribution in [0.1, 0.15) is 13.3 Å². The van der Waals surface area contributed by atoms with Crippen molar-refractivity contribution in [2.24, 2.45) is 0 Å². The van der Waals surface area contributed by atoms with Crippen LogP contribution in [0, 0.1) is 0 Å². The van der Waals surface area contributed by atoms with Gasteiger partial charge in [0.05, 0.1) is 0 Å². The summed E-state index contributed by atoms with van der Waals surface area (Å²) in [5.41, 5.74) is 1.23. The standard InChI is InChI=1S/C10H14O2/c1-9-5-3-4-6-10(7-9)12-8-11-2/h4-7H,3,8H2,1-2H3. The Balaban J connectivity index is 2.55. The lowest BCUT2D eigenvalue weighted by Crippen LogP contribution is -1.94. The molecule has 0 bridgehead atoms. The summed E-state index contributed by atoms with van der Waals surface area (Å²) >= 11 is 0. The zero-order valence-corrected chi connectivity index (χ0v) is 7.54. The van der Waals surface area contributed by atoms with E-state index in [0.717, 1.165) is 12.2 Å². The first kappa shape index (κ1) is 9.07. The molecule has 0 radical (unpaired) electrons. The maximum Gasteiger partial charge on any atom is 0.188 e. The second-order valence-electron chi connectivity index (χ2n) is 2.68. The monoisotopic (exact) mass is 166 g/mol. The van der Waals surface area contributed by atoms with Gasteiger partial charge in [0, 0.05) is 7.11 Å². The number of hydrogen-bond donors (Lipinski definition) is 0. The van der Waals surface area contributed by atoms with Crippen LogP contribution in [0.4, 0.5) is 0 Å². The lowest BCUT2D eigenvalue weighted by Gasteiger charge is -2.04. The van der Waals surface area contributed by atoms with Gasteiger partial charge < -0.3 is 9.47 Å². The zero-order valence-electron chi connectivity index (χ0n) is 7.54. The van der Waals surface area contributed by atoms with Gasteiger partial charge in [-0.3, -0.25) is 0 Å². The van der Waals surface area contributed by atoms with Crippen molar-refractivity contribution < 1.29 is 9.47 Å². The van der Waals surface area contributed by atoms with Crippen LogP contribution in [-0.4, -0.2) is 13.9 Å². The molecule has 0 fully saturated rings. The minimum absolute atomic E-state index is 0.309. The minimum atomic E-state index is 0.309. The van der Waals surface area contributed by atoms with Crippen molar-refractivity contribution in [1.82, 2.24) is 0 Å². The number of hydrogen-bond acceptors (Lipinski definition) is 2. The molecule has 0 aliphatic heterocycles. The van der Waals surface area contributed by atoms with Crippen molar-refractivity contribution in [3.63, 3.8) is 0 Å². The third-order valence-corrected chi connectivity index (χ3v) is 1.57. The van der Waals surface area contributed by atoms with Gasteiger partial charge in [0.2, 0.25) is 0 Å². The smallest absolute Gasteiger partial charge is 0.188 e. The molecule has 0 atom stereocenters. The molecular weight excluding hydrogens is 152 g/mol. The van der Waals surface area contributed by atoms with Crippen LogP contribution in [0.25, 0.3) is 0 Å². The van der Waals surface area contributed by atoms with Gasteiger partial charge in [-0.15, -0.1) is 0 Å². The van der Waals surface area contributed by atoms with E-state index in [4.69, 9.17) is 9.47 Å². The minimum Gasteiger partial charge on any atom is -0.468 e. The SMILES string of the molecule is COCOC1=CC(C)=CCC=C1. The van der Waals surface area contributed by atoms with Gasteiger partial charge in [-0.25, -0.2) is 0 Å². The zero-order chi connectivity index (χ0) is 8.81. The van der Waals surface area contributed by atoms with Crippen molar-refractivity contribution in [3.8, 4) is 0 Å². The maximum absolute atomic E-state index is 5.29. The molecule has 1 aliphatic carbocycles. The molecule has 1 rings (SSSR count). The number of allylic oxidation sites excluding steroid dienone is 5. The summed E-state index contributed by atoms with van der Waals surface area (Å²) in [6.45, 7) is 2.37. The van der Waals surface area contributed by atoms with Gasteiger partial charge >= 0.3 is 0 Å². The van der Waals surface area contributed by atoms with Gasteiger partial charge in [0.25, 0.3) is 0 Å². The second kappa shape index (κ2) is 4.78. The molecule has 0 saturated carbocycles. The van der Waals surface area contributed by atoms with Crippen molar-refractivity contribution in [2.45, 2.75) is 13.3 Å². The third kappa shape index (κ3) is 2.93. The number of rotatable bonds is 3. The van der Waals surface area contributed by atoms with Crippen LogP contribution < -0.4 is 0 Å². The lowest BCUT2D eigenvalue weighted by molar-refractivity contribution is 0.0101. The lowest BCUT2D eigenvalue weighted by atomic mass is 10.2. The highest BCUT2D eigenvalue weighted by Crippen LogP contribution is 2.11. The fourth-order valence-corrected chi connectivity index (χ4v) is 0.986. The van der Waals surface area contributed by atoms with Crippen LogP contribution in [0.15, 0.2) is 35.6 Å². The number of ether oxygens (including phenoxy) is 2. The molecule has 0 amide bonds. The van der Waals surface area contributed by atoms with Crippen LogP contribution >= 0.6 is 0 Å². The molecule has 1 aliphatic rings. The van der Waals surface area contributed by atoms with Crippen LogP contribution in [-0.2, 0) is 9.47 Å². The summed E-state index contributed by atoms with van der Waals surface area (Å²) in [7, 11) is 1.61. The predicted molar refractivity (Wildman–Crippen MR) is 48.6 cm³/mol. The Hall–Kier alpha value is -1.02. The Bertz CT molecular complexity index is 224. The molecule has 2 heteroatoms. The average Bonchev–Trinajstić information content (AvgIpc) is 2.26. The van der Waals surface area contributed by atoms with Gasteiger partial charge in [0.15, 0.2) is 6.79 Å². The van der Waals surface area contributed by atoms with Crippen molar-refractivity contribution in [3.05, 3.63) is 35.6 Å². The predicted octanol–water partition coefficient (Wildman–Crippen LogP) is 2.40. The van der Waals surface area contributed by atoms with Crippen LogP contribution in [0.3, 0.4) is 0 Å². The highest BCUT2D eigenvalue weighted by molar-refractivity contribution is 5.28. The maximum atomic E-state index is 5.29. The summed E-state index contributed by atoms with van der Waals surface area (Å²) < 4.78 is 10.1. The Morgan fingerprint density at radius 2 is 2.33 bits per heavy atom. The van der Waals surface area contributed by atoms with E-state index < -0.39 is 0 Å². The fourth-order valence-electron chi connectivity index (χ4n) is 0.986. The van der Waals surface area contributed by atoms with Gasteiger partial charge in [-0.1, -0.05) is 17.7 Å². The molecule has 0 N–H and O–H groups in total. The summed E-state index contributed by atoms with van der Waals surface area (Å²) in [5, 5.41) is 0. The van der Waals surface area contributed by atoms with Crippen LogP contribution in [0.2, 0.25) is 0 Å². The van der Waals surface area contributed by atoms with E-state index in [1.54, 1.807) is 7.11 Å². The first-order valence-electron chi connectivity index (χ1n) is 3.99. The highest BCUT2D eigenvalue weighted by atomic mass is 16.7. The van der Waals surface area contributed by atoms with E-state index in [1.165, 1.54) is 5.57 Å². The summed E-state index contributed by atoms with van der Waals surface area (Å²) in [4.78, 5) is 0. The van der Waals surface area contributed by atoms with E-state index in [1.807, 2.05) is 12.2 Å². The molecule has 0 aromatic heterocycles. The molecule has 0 saturated heterocycles. The summed E-state index contributed by atoms with van der Waals surface area (Å²) in [6, 6.07) is 0. The van der Waals surface area contributed by atoms with Gasteiger partial charge in [-0.05, 0) is 25.5 Å². The van der Waals surface area contributed by atoms with E-state index in [0.29, 0.717) is 6.79 Å². The average molecular weight is 166 g/mol. The molecule has 0 unspecified atom stereocenters. The van der Waals surface area contributed by atoms with E-state index in [-0.39, 0.29) is 0 Å². The molecule has 0 aromatic rings. The van der Waals surface area contributed by atoms with E-state index in [2.05, 4.69) is 19.1 Å². The third-order valence-electron chi connectivity index (χ3n) is 1.57. The molecule has 0 heterocycles. The Morgan fingerprint density at radius 3 is 3.08 bits per heavy atom. The Morgan fingerprint density at radius 1 is 1.50 bits per heavy atom. The first-order valence-corrected chi connectivity index (χ1v) is 3.99. The van der Waals surface area contributed by atoms with E-state index in [9.17, 15) is 0 Å². The van der Waals surface area contributed by atoms with Crippen LogP contribution in [0.5, 0.6) is 0 Å². The number of methoxy groups -OCH3 is 1. The molecule has 0 aromatic carbocycles. The largest absolute Gasteiger partial charge is 0.468 e. The topological polar surface area (TPSA) is 18.5 Å². The summed E-state index contributed by atoms with van der Waals surface area (Å²) in [5.74, 6) is 0.864. The van der Waals surface area contributed by atoms with Crippen molar-refractivity contribution >= 4 is 0 Å². The molecule has 0 spiro atoms. The molecule has 2 nitrogen and oxygen atoms in total. The second-order valence-corrected chi connectivity index (χ2v) is 2.68. The Kier molecular flexibility index (Phi) is 3.61. The van der Waals surface area contributed by atoms with Gasteiger partial charge in [0.1, 0.15) is 5.76 Å². The quantitative estimate of drug-likeness (QED) is 0.599. The van der Waals surface area contributed by atoms with E-state index >= 15 is 0 Å². The normalized spacial score (nSPS) is 16.5. The molecule has 66 valence electrons. The molecule has 12 heavy (non-hydrogen) atoms.